The molecule has 0 bridgehead atoms. The van der Waals surface area contributed by atoms with Crippen molar-refractivity contribution in [2.24, 2.45) is 0 Å². The van der Waals surface area contributed by atoms with Gasteiger partial charge in [-0.25, -0.2) is 0 Å². The molecule has 0 unspecified atom stereocenters. The van der Waals surface area contributed by atoms with E-state index in [4.69, 9.17) is 0 Å². The van der Waals surface area contributed by atoms with Crippen molar-refractivity contribution < 1.29 is 52.1 Å². The van der Waals surface area contributed by atoms with E-state index in [1.54, 1.807) is 12.1 Å². The first-order valence-electron chi connectivity index (χ1n) is 16.7. The Balaban J connectivity index is 1.28. The molecule has 7 rings (SSSR count). The SMILES string of the molecule is C=CC1=C(C=C)C(c2ccccc2)(c2ccccc2)c2cc(-c3ccc4c(ccc5cc(OS(=O)(=O)C(F)(F)C(F)(F)C(F)(F)C(F)(F)F)ccc54)c3)ccc21. The van der Waals surface area contributed by atoms with Gasteiger partial charge in [0.1, 0.15) is 5.75 Å². The molecule has 0 fully saturated rings. The lowest BCUT2D eigenvalue weighted by Crippen LogP contribution is -2.63. The Hall–Kier alpha value is -5.82. The van der Waals surface area contributed by atoms with E-state index >= 15 is 0 Å². The summed E-state index contributed by atoms with van der Waals surface area (Å²) in [7, 11) is -7.10. The van der Waals surface area contributed by atoms with Gasteiger partial charge in [0.25, 0.3) is 0 Å². The van der Waals surface area contributed by atoms with Crippen molar-refractivity contribution in [3.63, 3.8) is 0 Å². The van der Waals surface area contributed by atoms with Gasteiger partial charge in [-0.05, 0) is 90.3 Å². The average molecular weight is 795 g/mol. The van der Waals surface area contributed by atoms with Crippen LogP contribution in [-0.2, 0) is 15.5 Å². The van der Waals surface area contributed by atoms with Gasteiger partial charge in [-0.1, -0.05) is 128 Å². The average Bonchev–Trinajstić information content (AvgIpc) is 3.47. The molecule has 6 aromatic rings. The lowest BCUT2D eigenvalue weighted by Gasteiger charge is -2.35. The number of hydrogen-bond acceptors (Lipinski definition) is 3. The third-order valence-corrected chi connectivity index (χ3v) is 11.3. The van der Waals surface area contributed by atoms with Gasteiger partial charge in [-0.15, -0.1) is 0 Å². The lowest BCUT2D eigenvalue weighted by molar-refractivity contribution is -0.382. The van der Waals surface area contributed by atoms with Crippen LogP contribution in [0.25, 0.3) is 38.2 Å². The number of hydrogen-bond donors (Lipinski definition) is 0. The highest BCUT2D eigenvalue weighted by Gasteiger charge is 2.86. The number of benzene rings is 6. The first-order chi connectivity index (χ1) is 26.3. The second-order valence-corrected chi connectivity index (χ2v) is 14.7. The number of allylic oxidation sites excluding steroid dienone is 4. The Morgan fingerprint density at radius 1 is 0.571 bits per heavy atom. The van der Waals surface area contributed by atoms with Crippen LogP contribution in [0.15, 0.2) is 158 Å². The molecular formula is C43H27F9O3S. The van der Waals surface area contributed by atoms with Crippen LogP contribution in [0, 0.1) is 0 Å². The maximum absolute atomic E-state index is 14.3. The highest BCUT2D eigenvalue weighted by molar-refractivity contribution is 7.88. The van der Waals surface area contributed by atoms with E-state index in [0.29, 0.717) is 16.2 Å². The molecule has 286 valence electrons. The zero-order chi connectivity index (χ0) is 40.5. The van der Waals surface area contributed by atoms with Gasteiger partial charge in [-0.3, -0.25) is 0 Å². The molecule has 0 saturated heterocycles. The third kappa shape index (κ3) is 5.54. The summed E-state index contributed by atoms with van der Waals surface area (Å²) in [5.41, 5.74) is 6.87. The van der Waals surface area contributed by atoms with Crippen molar-refractivity contribution in [1.82, 2.24) is 0 Å². The molecule has 0 aliphatic heterocycles. The predicted molar refractivity (Wildman–Crippen MR) is 197 cm³/mol. The fourth-order valence-corrected chi connectivity index (χ4v) is 8.29. The van der Waals surface area contributed by atoms with E-state index in [1.165, 1.54) is 12.1 Å². The van der Waals surface area contributed by atoms with Gasteiger partial charge in [0.2, 0.25) is 0 Å². The van der Waals surface area contributed by atoms with Gasteiger partial charge < -0.3 is 4.18 Å². The maximum atomic E-state index is 14.3. The molecule has 0 N–H and O–H groups in total. The van der Waals surface area contributed by atoms with Crippen molar-refractivity contribution in [3.8, 4) is 16.9 Å². The monoisotopic (exact) mass is 794 g/mol. The molecule has 0 atom stereocenters. The van der Waals surface area contributed by atoms with Crippen LogP contribution in [0.5, 0.6) is 5.75 Å². The molecule has 1 aliphatic carbocycles. The molecule has 1 aliphatic rings. The molecule has 0 amide bonds. The standard InChI is InChI=1S/C43H27F9O3S/c1-3-33-36-21-18-27(25-38(36)39(37(33)4-2,30-11-7-5-8-12-30)31-13-9-6-10-14-31)26-17-20-34-28(23-26)15-16-29-24-32(19-22-35(29)34)55-56(53,54)43(51,52)41(46,47)40(44,45)42(48,49)50/h3-25H,1-2H2. The molecule has 0 radical (unpaired) electrons. The quantitative estimate of drug-likeness (QED) is 0.0788. The lowest BCUT2D eigenvalue weighted by atomic mass is 9.66. The van der Waals surface area contributed by atoms with Gasteiger partial charge >= 0.3 is 33.4 Å². The zero-order valence-corrected chi connectivity index (χ0v) is 29.5. The Bertz CT molecular complexity index is 2650. The minimum atomic E-state index is -7.41. The predicted octanol–water partition coefficient (Wildman–Crippen LogP) is 12.3. The molecule has 0 heterocycles. The molecular weight excluding hydrogens is 768 g/mol. The maximum Gasteiger partial charge on any atom is 0.460 e. The smallest absolute Gasteiger partial charge is 0.378 e. The van der Waals surface area contributed by atoms with Gasteiger partial charge in [0, 0.05) is 0 Å². The molecule has 13 heteroatoms. The molecule has 3 nitrogen and oxygen atoms in total. The number of rotatable bonds is 10. The first-order valence-corrected chi connectivity index (χ1v) is 18.1. The van der Waals surface area contributed by atoms with Crippen molar-refractivity contribution in [2.45, 2.75) is 28.7 Å². The molecule has 0 saturated carbocycles. The summed E-state index contributed by atoms with van der Waals surface area (Å²) in [5.74, 6) is -15.8. The van der Waals surface area contributed by atoms with Crippen LogP contribution >= 0.6 is 0 Å². The Morgan fingerprint density at radius 3 is 1.62 bits per heavy atom. The van der Waals surface area contributed by atoms with E-state index < -0.39 is 44.6 Å². The zero-order valence-electron chi connectivity index (χ0n) is 28.7. The molecule has 56 heavy (non-hydrogen) atoms. The number of fused-ring (bicyclic) bond motifs is 4. The summed E-state index contributed by atoms with van der Waals surface area (Å²) < 4.78 is 149. The minimum absolute atomic E-state index is 0.154. The first kappa shape index (κ1) is 38.5. The van der Waals surface area contributed by atoms with Crippen LogP contribution in [-0.4, -0.2) is 31.7 Å². The fourth-order valence-electron chi connectivity index (χ4n) is 7.39. The van der Waals surface area contributed by atoms with Crippen molar-refractivity contribution >= 4 is 37.2 Å². The van der Waals surface area contributed by atoms with Crippen molar-refractivity contribution in [1.29, 1.82) is 0 Å². The van der Waals surface area contributed by atoms with Gasteiger partial charge in [-0.2, -0.15) is 47.9 Å². The highest BCUT2D eigenvalue weighted by Crippen LogP contribution is 2.57. The summed E-state index contributed by atoms with van der Waals surface area (Å²) in [4.78, 5) is 0. The van der Waals surface area contributed by atoms with E-state index in [-0.39, 0.29) is 5.39 Å². The summed E-state index contributed by atoms with van der Waals surface area (Å²) in [6, 6.07) is 37.6. The van der Waals surface area contributed by atoms with Gasteiger partial charge in [0.05, 0.1) is 5.41 Å². The van der Waals surface area contributed by atoms with Crippen LogP contribution in [0.2, 0.25) is 0 Å². The Labute approximate surface area is 314 Å². The van der Waals surface area contributed by atoms with Crippen LogP contribution in [0.3, 0.4) is 0 Å². The van der Waals surface area contributed by atoms with E-state index in [2.05, 4.69) is 47.7 Å². The molecule has 0 aromatic heterocycles. The third-order valence-electron chi connectivity index (χ3n) is 10.0. The van der Waals surface area contributed by atoms with E-state index in [1.807, 2.05) is 72.8 Å². The minimum Gasteiger partial charge on any atom is -0.378 e. The van der Waals surface area contributed by atoms with Crippen LogP contribution in [0.1, 0.15) is 22.3 Å². The van der Waals surface area contributed by atoms with E-state index in [0.717, 1.165) is 56.7 Å². The fraction of sp³-hybridized carbons (Fsp3) is 0.116. The second kappa shape index (κ2) is 13.1. The van der Waals surface area contributed by atoms with Crippen molar-refractivity contribution in [3.05, 3.63) is 181 Å². The summed E-state index contributed by atoms with van der Waals surface area (Å²) >= 11 is 0. The largest absolute Gasteiger partial charge is 0.460 e. The Morgan fingerprint density at radius 2 is 1.09 bits per heavy atom. The Kier molecular flexibility index (Phi) is 9.03. The summed E-state index contributed by atoms with van der Waals surface area (Å²) in [5, 5.41) is -5.12. The molecule has 6 aromatic carbocycles. The molecule has 0 spiro atoms. The normalized spacial score (nSPS) is 14.9. The van der Waals surface area contributed by atoms with Crippen LogP contribution < -0.4 is 4.18 Å². The number of alkyl halides is 9. The summed E-state index contributed by atoms with van der Waals surface area (Å²) in [6.45, 7) is 8.32. The topological polar surface area (TPSA) is 43.4 Å². The number of halogens is 9. The van der Waals surface area contributed by atoms with Crippen molar-refractivity contribution in [2.75, 3.05) is 0 Å². The van der Waals surface area contributed by atoms with Crippen LogP contribution in [0.4, 0.5) is 39.5 Å². The van der Waals surface area contributed by atoms with Gasteiger partial charge in [0.15, 0.2) is 0 Å². The highest BCUT2D eigenvalue weighted by atomic mass is 32.2. The summed E-state index contributed by atoms with van der Waals surface area (Å²) in [6.07, 6.45) is -3.52. The van der Waals surface area contributed by atoms with E-state index in [9.17, 15) is 47.9 Å². The second-order valence-electron chi connectivity index (χ2n) is 13.1.